The fraction of sp³-hybridized carbons (Fsp3) is 0.0667. The highest BCUT2D eigenvalue weighted by molar-refractivity contribution is 6.30. The van der Waals surface area contributed by atoms with E-state index in [0.717, 1.165) is 27.5 Å². The van der Waals surface area contributed by atoms with Crippen LogP contribution >= 0.6 is 11.6 Å². The Hall–Kier alpha value is -1.73. The van der Waals surface area contributed by atoms with Crippen molar-refractivity contribution >= 4 is 17.2 Å². The predicted octanol–water partition coefficient (Wildman–Crippen LogP) is 4.41. The van der Waals surface area contributed by atoms with Gasteiger partial charge in [-0.25, -0.2) is 0 Å². The maximum atomic E-state index is 5.86. The third kappa shape index (κ3) is 2.69. The van der Waals surface area contributed by atoms with Crippen LogP contribution in [0.15, 0.2) is 55.1 Å². The molecule has 2 aromatic rings. The van der Waals surface area contributed by atoms with Gasteiger partial charge < -0.3 is 4.74 Å². The van der Waals surface area contributed by atoms with Crippen LogP contribution in [-0.2, 0) is 0 Å². The maximum Gasteiger partial charge on any atom is 0.118 e. The fourth-order valence-corrected chi connectivity index (χ4v) is 1.74. The molecule has 0 heterocycles. The van der Waals surface area contributed by atoms with Gasteiger partial charge in [-0.3, -0.25) is 0 Å². The Bertz CT molecular complexity index is 512. The Balaban J connectivity index is 2.27. The summed E-state index contributed by atoms with van der Waals surface area (Å²) in [5, 5.41) is 0.733. The molecule has 0 aliphatic heterocycles. The molecule has 0 radical (unpaired) electrons. The molecule has 0 bridgehead atoms. The van der Waals surface area contributed by atoms with E-state index < -0.39 is 0 Å². The zero-order valence-corrected chi connectivity index (χ0v) is 10.4. The van der Waals surface area contributed by atoms with E-state index in [4.69, 9.17) is 16.3 Å². The van der Waals surface area contributed by atoms with Crippen molar-refractivity contribution in [3.05, 3.63) is 71.3 Å². The molecule has 0 aliphatic rings. The van der Waals surface area contributed by atoms with Gasteiger partial charge >= 0.3 is 0 Å². The molecule has 0 saturated heterocycles. The average molecular weight is 245 g/mol. The van der Waals surface area contributed by atoms with Gasteiger partial charge in [-0.05, 0) is 41.0 Å². The molecule has 0 aliphatic carbocycles. The molecular weight excluding hydrogens is 232 g/mol. The molecule has 2 aromatic carbocycles. The fourth-order valence-electron chi connectivity index (χ4n) is 1.61. The molecule has 1 nitrogen and oxygen atoms in total. The van der Waals surface area contributed by atoms with E-state index in [1.807, 2.05) is 48.5 Å². The highest BCUT2D eigenvalue weighted by atomic mass is 35.5. The summed E-state index contributed by atoms with van der Waals surface area (Å²) in [5.74, 6) is 0.845. The summed E-state index contributed by atoms with van der Waals surface area (Å²) < 4.78 is 5.12. The highest BCUT2D eigenvalue weighted by Crippen LogP contribution is 2.24. The molecule has 0 spiro atoms. The lowest BCUT2D eigenvalue weighted by molar-refractivity contribution is 0.415. The molecule has 0 amide bonds. The van der Waals surface area contributed by atoms with Crippen LogP contribution < -0.4 is 4.74 Å². The minimum absolute atomic E-state index is 0.733. The van der Waals surface area contributed by atoms with Gasteiger partial charge in [0.1, 0.15) is 5.75 Å². The predicted molar refractivity (Wildman–Crippen MR) is 72.6 cm³/mol. The number of methoxy groups -OCH3 is 1. The summed E-state index contributed by atoms with van der Waals surface area (Å²) in [6.45, 7) is 4.10. The van der Waals surface area contributed by atoms with E-state index in [-0.39, 0.29) is 0 Å². The SMILES string of the molecule is C=C(c1ccc(Cl)cc1)c1ccc(OC)cc1. The van der Waals surface area contributed by atoms with Crippen LogP contribution in [0.3, 0.4) is 0 Å². The van der Waals surface area contributed by atoms with Crippen LogP contribution in [0.5, 0.6) is 5.75 Å². The molecule has 2 heteroatoms. The Labute approximate surface area is 106 Å². The van der Waals surface area contributed by atoms with E-state index in [9.17, 15) is 0 Å². The lowest BCUT2D eigenvalue weighted by Crippen LogP contribution is -1.87. The lowest BCUT2D eigenvalue weighted by atomic mass is 10.00. The topological polar surface area (TPSA) is 9.23 Å². The number of ether oxygens (including phenoxy) is 1. The summed E-state index contributed by atoms with van der Waals surface area (Å²) in [6.07, 6.45) is 0. The Kier molecular flexibility index (Phi) is 3.50. The first-order chi connectivity index (χ1) is 8.20. The second-order valence-electron chi connectivity index (χ2n) is 3.71. The van der Waals surface area contributed by atoms with E-state index in [2.05, 4.69) is 6.58 Å². The molecule has 0 saturated carbocycles. The van der Waals surface area contributed by atoms with Crippen LogP contribution in [0.25, 0.3) is 5.57 Å². The maximum absolute atomic E-state index is 5.86. The molecule has 17 heavy (non-hydrogen) atoms. The molecule has 0 N–H and O–H groups in total. The van der Waals surface area contributed by atoms with Crippen molar-refractivity contribution in [2.24, 2.45) is 0 Å². The smallest absolute Gasteiger partial charge is 0.118 e. The first-order valence-electron chi connectivity index (χ1n) is 5.30. The zero-order valence-electron chi connectivity index (χ0n) is 9.61. The molecule has 0 atom stereocenters. The minimum Gasteiger partial charge on any atom is -0.497 e. The lowest BCUT2D eigenvalue weighted by Gasteiger charge is -2.07. The van der Waals surface area contributed by atoms with Gasteiger partial charge in [0.2, 0.25) is 0 Å². The number of rotatable bonds is 3. The van der Waals surface area contributed by atoms with Gasteiger partial charge in [0.05, 0.1) is 7.11 Å². The monoisotopic (exact) mass is 244 g/mol. The number of benzene rings is 2. The summed E-state index contributed by atoms with van der Waals surface area (Å²) >= 11 is 5.86. The quantitative estimate of drug-likeness (QED) is 0.777. The van der Waals surface area contributed by atoms with Gasteiger partial charge in [0.15, 0.2) is 0 Å². The van der Waals surface area contributed by atoms with Gasteiger partial charge in [0, 0.05) is 5.02 Å². The van der Waals surface area contributed by atoms with Gasteiger partial charge in [-0.15, -0.1) is 0 Å². The standard InChI is InChI=1S/C15H13ClO/c1-11(12-3-7-14(16)8-4-12)13-5-9-15(17-2)10-6-13/h3-10H,1H2,2H3. The van der Waals surface area contributed by atoms with Gasteiger partial charge in [-0.2, -0.15) is 0 Å². The molecular formula is C15H13ClO. The van der Waals surface area contributed by atoms with Crippen LogP contribution in [0.4, 0.5) is 0 Å². The van der Waals surface area contributed by atoms with Crippen molar-refractivity contribution in [1.29, 1.82) is 0 Å². The van der Waals surface area contributed by atoms with Crippen LogP contribution in [-0.4, -0.2) is 7.11 Å². The number of hydrogen-bond acceptors (Lipinski definition) is 1. The number of halogens is 1. The Morgan fingerprint density at radius 1 is 0.941 bits per heavy atom. The Morgan fingerprint density at radius 2 is 1.41 bits per heavy atom. The summed E-state index contributed by atoms with van der Waals surface area (Å²) in [7, 11) is 1.66. The van der Waals surface area contributed by atoms with E-state index in [0.29, 0.717) is 0 Å². The third-order valence-electron chi connectivity index (χ3n) is 2.63. The van der Waals surface area contributed by atoms with E-state index >= 15 is 0 Å². The second kappa shape index (κ2) is 5.07. The molecule has 0 fully saturated rings. The highest BCUT2D eigenvalue weighted by Gasteiger charge is 2.02. The zero-order chi connectivity index (χ0) is 12.3. The van der Waals surface area contributed by atoms with Crippen molar-refractivity contribution < 1.29 is 4.74 Å². The molecule has 0 aromatic heterocycles. The van der Waals surface area contributed by atoms with E-state index in [1.165, 1.54) is 0 Å². The molecule has 0 unspecified atom stereocenters. The van der Waals surface area contributed by atoms with Crippen LogP contribution in [0, 0.1) is 0 Å². The van der Waals surface area contributed by atoms with Crippen molar-refractivity contribution in [3.63, 3.8) is 0 Å². The van der Waals surface area contributed by atoms with Gasteiger partial charge in [0.25, 0.3) is 0 Å². The van der Waals surface area contributed by atoms with Crippen molar-refractivity contribution in [2.45, 2.75) is 0 Å². The van der Waals surface area contributed by atoms with Gasteiger partial charge in [-0.1, -0.05) is 42.4 Å². The largest absolute Gasteiger partial charge is 0.497 e. The first kappa shape index (κ1) is 11.7. The minimum atomic E-state index is 0.733. The van der Waals surface area contributed by atoms with Crippen LogP contribution in [0.1, 0.15) is 11.1 Å². The molecule has 86 valence electrons. The first-order valence-corrected chi connectivity index (χ1v) is 5.68. The normalized spacial score (nSPS) is 10.0. The second-order valence-corrected chi connectivity index (χ2v) is 4.15. The third-order valence-corrected chi connectivity index (χ3v) is 2.88. The van der Waals surface area contributed by atoms with Crippen molar-refractivity contribution in [1.82, 2.24) is 0 Å². The van der Waals surface area contributed by atoms with Crippen LogP contribution in [0.2, 0.25) is 5.02 Å². The molecule has 2 rings (SSSR count). The van der Waals surface area contributed by atoms with Crippen molar-refractivity contribution in [2.75, 3.05) is 7.11 Å². The Morgan fingerprint density at radius 3 is 1.88 bits per heavy atom. The van der Waals surface area contributed by atoms with E-state index in [1.54, 1.807) is 7.11 Å². The summed E-state index contributed by atoms with van der Waals surface area (Å²) in [4.78, 5) is 0. The van der Waals surface area contributed by atoms with Crippen molar-refractivity contribution in [3.8, 4) is 5.75 Å². The summed E-state index contributed by atoms with van der Waals surface area (Å²) in [6, 6.07) is 15.5. The number of hydrogen-bond donors (Lipinski definition) is 0. The average Bonchev–Trinajstić information content (AvgIpc) is 2.39. The summed E-state index contributed by atoms with van der Waals surface area (Å²) in [5.41, 5.74) is 3.12.